The molecule has 0 saturated carbocycles. The van der Waals surface area contributed by atoms with E-state index in [2.05, 4.69) is 11.5 Å². The van der Waals surface area contributed by atoms with E-state index in [0.29, 0.717) is 0 Å². The molecule has 1 aromatic rings. The number of para-hydroxylation sites is 1. The third kappa shape index (κ3) is 3.14. The van der Waals surface area contributed by atoms with Gasteiger partial charge in [0.1, 0.15) is 0 Å². The normalized spacial score (nSPS) is 12.9. The summed E-state index contributed by atoms with van der Waals surface area (Å²) in [5.74, 6) is -0.0878. The summed E-state index contributed by atoms with van der Waals surface area (Å²) in [7, 11) is 2.10. The molecule has 3 nitrogen and oxygen atoms in total. The Hall–Kier alpha value is -0.843. The standard InChI is InChI=1S/C10H17NO2Si/c1-12-10(13-2)14(3)11-9-7-5-4-6-8-9/h4-8,10-11,14H,1-3H3. The van der Waals surface area contributed by atoms with Gasteiger partial charge in [-0.2, -0.15) is 0 Å². The molecule has 0 fully saturated rings. The Morgan fingerprint density at radius 2 is 1.71 bits per heavy atom. The van der Waals surface area contributed by atoms with Gasteiger partial charge in [0.15, 0.2) is 14.9 Å². The fourth-order valence-corrected chi connectivity index (χ4v) is 3.04. The van der Waals surface area contributed by atoms with Crippen LogP contribution in [0.3, 0.4) is 0 Å². The first-order valence-corrected chi connectivity index (χ1v) is 7.05. The first-order chi connectivity index (χ1) is 6.77. The van der Waals surface area contributed by atoms with Crippen molar-refractivity contribution < 1.29 is 9.47 Å². The Balaban J connectivity index is 2.52. The fraction of sp³-hybridized carbons (Fsp3) is 0.400. The molecule has 0 spiro atoms. The molecule has 0 amide bonds. The molecule has 1 atom stereocenters. The van der Waals surface area contributed by atoms with Gasteiger partial charge in [0.05, 0.1) is 0 Å². The highest BCUT2D eigenvalue weighted by Gasteiger charge is 2.17. The first kappa shape index (κ1) is 11.2. The number of rotatable bonds is 5. The Labute approximate surface area is 86.7 Å². The van der Waals surface area contributed by atoms with Crippen LogP contribution in [0, 0.1) is 0 Å². The van der Waals surface area contributed by atoms with Gasteiger partial charge in [-0.3, -0.25) is 0 Å². The summed E-state index contributed by atoms with van der Waals surface area (Å²) in [6, 6.07) is 10.1. The number of nitrogens with one attached hydrogen (secondary N) is 1. The van der Waals surface area contributed by atoms with E-state index in [9.17, 15) is 0 Å². The van der Waals surface area contributed by atoms with E-state index in [1.165, 1.54) is 0 Å². The summed E-state index contributed by atoms with van der Waals surface area (Å²) >= 11 is 0. The zero-order valence-electron chi connectivity index (χ0n) is 8.86. The minimum Gasteiger partial charge on any atom is -0.409 e. The summed E-state index contributed by atoms with van der Waals surface area (Å²) in [6.45, 7) is 2.16. The maximum atomic E-state index is 5.21. The maximum absolute atomic E-state index is 5.21. The Bertz CT molecular complexity index is 252. The number of methoxy groups -OCH3 is 2. The Kier molecular flexibility index (Phi) is 4.65. The molecule has 0 aliphatic heterocycles. The maximum Gasteiger partial charge on any atom is 0.198 e. The topological polar surface area (TPSA) is 30.5 Å². The van der Waals surface area contributed by atoms with Crippen LogP contribution in [0.4, 0.5) is 5.69 Å². The minimum atomic E-state index is -1.24. The highest BCUT2D eigenvalue weighted by atomic mass is 28.3. The summed E-state index contributed by atoms with van der Waals surface area (Å²) in [5, 5.41) is 0. The van der Waals surface area contributed by atoms with Crippen molar-refractivity contribution in [2.45, 2.75) is 12.5 Å². The average Bonchev–Trinajstić information content (AvgIpc) is 2.21. The molecular formula is C10H17NO2Si. The van der Waals surface area contributed by atoms with Crippen molar-refractivity contribution in [1.29, 1.82) is 0 Å². The van der Waals surface area contributed by atoms with E-state index in [0.717, 1.165) is 5.69 Å². The molecular weight excluding hydrogens is 194 g/mol. The predicted molar refractivity (Wildman–Crippen MR) is 60.9 cm³/mol. The molecule has 1 aromatic carbocycles. The van der Waals surface area contributed by atoms with Gasteiger partial charge in [-0.1, -0.05) is 18.2 Å². The van der Waals surface area contributed by atoms with Crippen LogP contribution in [0.25, 0.3) is 0 Å². The second-order valence-corrected chi connectivity index (χ2v) is 5.55. The van der Waals surface area contributed by atoms with E-state index < -0.39 is 8.96 Å². The van der Waals surface area contributed by atoms with Crippen LogP contribution in [-0.2, 0) is 9.47 Å². The van der Waals surface area contributed by atoms with E-state index in [-0.39, 0.29) is 5.91 Å². The molecule has 1 N–H and O–H groups in total. The van der Waals surface area contributed by atoms with Gasteiger partial charge < -0.3 is 14.5 Å². The lowest BCUT2D eigenvalue weighted by Gasteiger charge is -2.21. The molecule has 0 aromatic heterocycles. The zero-order valence-corrected chi connectivity index (χ0v) is 10.0. The van der Waals surface area contributed by atoms with Crippen LogP contribution in [0.5, 0.6) is 0 Å². The largest absolute Gasteiger partial charge is 0.409 e. The monoisotopic (exact) mass is 211 g/mol. The smallest absolute Gasteiger partial charge is 0.198 e. The van der Waals surface area contributed by atoms with Gasteiger partial charge in [-0.25, -0.2) is 0 Å². The molecule has 1 unspecified atom stereocenters. The number of hydrogen-bond donors (Lipinski definition) is 1. The van der Waals surface area contributed by atoms with Crippen molar-refractivity contribution in [2.24, 2.45) is 0 Å². The van der Waals surface area contributed by atoms with Crippen molar-refractivity contribution in [2.75, 3.05) is 19.2 Å². The Morgan fingerprint density at radius 1 is 1.14 bits per heavy atom. The van der Waals surface area contributed by atoms with Gasteiger partial charge in [-0.15, -0.1) is 0 Å². The van der Waals surface area contributed by atoms with E-state index in [4.69, 9.17) is 9.47 Å². The van der Waals surface area contributed by atoms with Gasteiger partial charge in [0, 0.05) is 19.9 Å². The Morgan fingerprint density at radius 3 is 2.21 bits per heavy atom. The van der Waals surface area contributed by atoms with Crippen LogP contribution in [0.15, 0.2) is 30.3 Å². The number of hydrogen-bond acceptors (Lipinski definition) is 3. The van der Waals surface area contributed by atoms with Crippen LogP contribution in [0.2, 0.25) is 6.55 Å². The summed E-state index contributed by atoms with van der Waals surface area (Å²) < 4.78 is 10.4. The summed E-state index contributed by atoms with van der Waals surface area (Å²) in [6.07, 6.45) is 0. The molecule has 14 heavy (non-hydrogen) atoms. The quantitative estimate of drug-likeness (QED) is 0.593. The summed E-state index contributed by atoms with van der Waals surface area (Å²) in [5.41, 5.74) is 1.13. The fourth-order valence-electron chi connectivity index (χ4n) is 1.37. The van der Waals surface area contributed by atoms with Crippen molar-refractivity contribution >= 4 is 14.6 Å². The van der Waals surface area contributed by atoms with Gasteiger partial charge >= 0.3 is 0 Å². The number of anilines is 1. The van der Waals surface area contributed by atoms with E-state index in [1.807, 2.05) is 30.3 Å². The lowest BCUT2D eigenvalue weighted by atomic mass is 10.3. The molecule has 0 heterocycles. The first-order valence-electron chi connectivity index (χ1n) is 4.65. The van der Waals surface area contributed by atoms with Crippen molar-refractivity contribution in [3.63, 3.8) is 0 Å². The van der Waals surface area contributed by atoms with Crippen LogP contribution < -0.4 is 4.98 Å². The lowest BCUT2D eigenvalue weighted by molar-refractivity contribution is -0.0463. The lowest BCUT2D eigenvalue weighted by Crippen LogP contribution is -2.38. The molecule has 0 saturated heterocycles. The van der Waals surface area contributed by atoms with Crippen molar-refractivity contribution in [3.05, 3.63) is 30.3 Å². The molecule has 0 aliphatic rings. The van der Waals surface area contributed by atoms with Crippen LogP contribution >= 0.6 is 0 Å². The zero-order chi connectivity index (χ0) is 10.4. The average molecular weight is 211 g/mol. The van der Waals surface area contributed by atoms with Crippen molar-refractivity contribution in [3.8, 4) is 0 Å². The van der Waals surface area contributed by atoms with Gasteiger partial charge in [0.25, 0.3) is 0 Å². The second kappa shape index (κ2) is 5.80. The molecule has 1 rings (SSSR count). The third-order valence-corrected chi connectivity index (χ3v) is 4.19. The highest BCUT2D eigenvalue weighted by Crippen LogP contribution is 2.08. The second-order valence-electron chi connectivity index (χ2n) is 3.14. The SMILES string of the molecule is COC(OC)[SiH](C)Nc1ccccc1. The van der Waals surface area contributed by atoms with Crippen LogP contribution in [-0.4, -0.2) is 29.1 Å². The summed E-state index contributed by atoms with van der Waals surface area (Å²) in [4.78, 5) is 3.43. The minimum absolute atomic E-state index is 0.0878. The molecule has 78 valence electrons. The number of ether oxygens (including phenoxy) is 2. The molecule has 0 bridgehead atoms. The molecule has 4 heteroatoms. The highest BCUT2D eigenvalue weighted by molar-refractivity contribution is 6.61. The van der Waals surface area contributed by atoms with Gasteiger partial charge in [-0.05, 0) is 18.7 Å². The van der Waals surface area contributed by atoms with E-state index >= 15 is 0 Å². The van der Waals surface area contributed by atoms with Gasteiger partial charge in [0.2, 0.25) is 0 Å². The molecule has 0 aliphatic carbocycles. The third-order valence-electron chi connectivity index (χ3n) is 2.04. The predicted octanol–water partition coefficient (Wildman–Crippen LogP) is 1.61. The van der Waals surface area contributed by atoms with Crippen molar-refractivity contribution in [1.82, 2.24) is 0 Å². The number of benzene rings is 1. The van der Waals surface area contributed by atoms with E-state index in [1.54, 1.807) is 14.2 Å². The molecule has 0 radical (unpaired) electrons. The van der Waals surface area contributed by atoms with Crippen LogP contribution in [0.1, 0.15) is 0 Å².